The molecule has 0 aromatic rings. The van der Waals surface area contributed by atoms with E-state index in [4.69, 9.17) is 0 Å². The number of allylic oxidation sites excluding steroid dienone is 2. The van der Waals surface area contributed by atoms with Crippen molar-refractivity contribution in [3.63, 3.8) is 0 Å². The Balaban J connectivity index is 2.46. The number of hydrogen-bond acceptors (Lipinski definition) is 2. The van der Waals surface area contributed by atoms with E-state index >= 15 is 0 Å². The number of aliphatic hydroxyl groups excluding tert-OH is 1. The zero-order valence-electron chi connectivity index (χ0n) is 10.4. The predicted molar refractivity (Wildman–Crippen MR) is 64.9 cm³/mol. The smallest absolute Gasteiger partial charge is 0.113 e. The quantitative estimate of drug-likeness (QED) is 0.668. The SMILES string of the molecule is C=C[C@@H]1C2=CC(C)(C)C[C@]2(O)[C@H](O)C[C@H]1C. The molecule has 0 saturated heterocycles. The number of rotatable bonds is 1. The van der Waals surface area contributed by atoms with Crippen LogP contribution in [0, 0.1) is 17.3 Å². The summed E-state index contributed by atoms with van der Waals surface area (Å²) >= 11 is 0. The lowest BCUT2D eigenvalue weighted by Gasteiger charge is -2.43. The lowest BCUT2D eigenvalue weighted by atomic mass is 9.67. The summed E-state index contributed by atoms with van der Waals surface area (Å²) in [7, 11) is 0. The highest BCUT2D eigenvalue weighted by atomic mass is 16.3. The van der Waals surface area contributed by atoms with E-state index in [-0.39, 0.29) is 11.3 Å². The van der Waals surface area contributed by atoms with Gasteiger partial charge in [0.15, 0.2) is 0 Å². The van der Waals surface area contributed by atoms with Crippen LogP contribution in [0.5, 0.6) is 0 Å². The average molecular weight is 222 g/mol. The van der Waals surface area contributed by atoms with E-state index in [1.54, 1.807) is 0 Å². The lowest BCUT2D eigenvalue weighted by Crippen LogP contribution is -2.50. The van der Waals surface area contributed by atoms with Crippen molar-refractivity contribution in [3.8, 4) is 0 Å². The summed E-state index contributed by atoms with van der Waals surface area (Å²) in [5.74, 6) is 0.558. The maximum absolute atomic E-state index is 10.7. The molecule has 0 heterocycles. The van der Waals surface area contributed by atoms with Crippen LogP contribution in [0.1, 0.15) is 33.6 Å². The third kappa shape index (κ3) is 1.56. The van der Waals surface area contributed by atoms with Crippen molar-refractivity contribution >= 4 is 0 Å². The van der Waals surface area contributed by atoms with Gasteiger partial charge < -0.3 is 10.2 Å². The third-order valence-electron chi connectivity index (χ3n) is 4.14. The van der Waals surface area contributed by atoms with Crippen LogP contribution in [-0.4, -0.2) is 21.9 Å². The van der Waals surface area contributed by atoms with Crippen molar-refractivity contribution in [1.82, 2.24) is 0 Å². The highest BCUT2D eigenvalue weighted by Gasteiger charge is 2.53. The minimum absolute atomic E-state index is 0.0314. The Kier molecular flexibility index (Phi) is 2.56. The predicted octanol–water partition coefficient (Wildman–Crippen LogP) is 2.28. The van der Waals surface area contributed by atoms with Crippen molar-refractivity contribution < 1.29 is 10.2 Å². The molecule has 2 N–H and O–H groups in total. The maximum atomic E-state index is 10.7. The molecule has 2 nitrogen and oxygen atoms in total. The van der Waals surface area contributed by atoms with Crippen LogP contribution < -0.4 is 0 Å². The molecular formula is C14H22O2. The summed E-state index contributed by atoms with van der Waals surface area (Å²) in [6.45, 7) is 10.2. The van der Waals surface area contributed by atoms with Crippen LogP contribution in [0.2, 0.25) is 0 Å². The monoisotopic (exact) mass is 222 g/mol. The first kappa shape index (κ1) is 11.9. The highest BCUT2D eigenvalue weighted by molar-refractivity contribution is 5.36. The van der Waals surface area contributed by atoms with Gasteiger partial charge >= 0.3 is 0 Å². The minimum Gasteiger partial charge on any atom is -0.390 e. The third-order valence-corrected chi connectivity index (χ3v) is 4.14. The molecule has 1 fully saturated rings. The van der Waals surface area contributed by atoms with Gasteiger partial charge in [-0.15, -0.1) is 6.58 Å². The van der Waals surface area contributed by atoms with Crippen molar-refractivity contribution in [2.24, 2.45) is 17.3 Å². The first-order valence-electron chi connectivity index (χ1n) is 6.06. The van der Waals surface area contributed by atoms with Crippen LogP contribution in [0.15, 0.2) is 24.3 Å². The van der Waals surface area contributed by atoms with Gasteiger partial charge in [-0.25, -0.2) is 0 Å². The molecule has 4 atom stereocenters. The number of hydrogen-bond donors (Lipinski definition) is 2. The average Bonchev–Trinajstić information content (AvgIpc) is 2.38. The molecule has 2 heteroatoms. The van der Waals surface area contributed by atoms with E-state index in [2.05, 4.69) is 33.4 Å². The van der Waals surface area contributed by atoms with E-state index in [0.29, 0.717) is 18.8 Å². The molecule has 2 aliphatic carbocycles. The summed E-state index contributed by atoms with van der Waals surface area (Å²) in [5, 5.41) is 20.8. The fourth-order valence-electron chi connectivity index (χ4n) is 3.45. The lowest BCUT2D eigenvalue weighted by molar-refractivity contribution is -0.0877. The standard InChI is InChI=1S/C14H22O2/c1-5-10-9(2)6-12(15)14(16)8-13(3,4)7-11(10)14/h5,7,9-10,12,15-16H,1,6,8H2,2-4H3/t9-,10+,12-,14-/m1/s1. The summed E-state index contributed by atoms with van der Waals surface area (Å²) in [4.78, 5) is 0. The fraction of sp³-hybridized carbons (Fsp3) is 0.714. The van der Waals surface area contributed by atoms with Gasteiger partial charge in [0.05, 0.1) is 6.10 Å². The molecule has 0 spiro atoms. The van der Waals surface area contributed by atoms with Crippen molar-refractivity contribution in [3.05, 3.63) is 24.3 Å². The summed E-state index contributed by atoms with van der Waals surface area (Å²) in [5.41, 5.74) is -0.0654. The van der Waals surface area contributed by atoms with Gasteiger partial charge in [-0.2, -0.15) is 0 Å². The fourth-order valence-corrected chi connectivity index (χ4v) is 3.45. The van der Waals surface area contributed by atoms with E-state index in [1.165, 1.54) is 0 Å². The Bertz CT molecular complexity index is 343. The van der Waals surface area contributed by atoms with Gasteiger partial charge in [-0.3, -0.25) is 0 Å². The van der Waals surface area contributed by atoms with Crippen LogP contribution in [0.3, 0.4) is 0 Å². The number of fused-ring (bicyclic) bond motifs is 1. The zero-order valence-corrected chi connectivity index (χ0v) is 10.4. The Hall–Kier alpha value is -0.600. The van der Waals surface area contributed by atoms with Crippen LogP contribution in [0.25, 0.3) is 0 Å². The molecular weight excluding hydrogens is 200 g/mol. The van der Waals surface area contributed by atoms with Gasteiger partial charge in [-0.1, -0.05) is 32.9 Å². The van der Waals surface area contributed by atoms with Gasteiger partial charge in [0.1, 0.15) is 5.60 Å². The molecule has 90 valence electrons. The molecule has 0 unspecified atom stereocenters. The van der Waals surface area contributed by atoms with Gasteiger partial charge in [0, 0.05) is 5.92 Å². The summed E-state index contributed by atoms with van der Waals surface area (Å²) in [6, 6.07) is 0. The Labute approximate surface area is 97.7 Å². The van der Waals surface area contributed by atoms with Crippen molar-refractivity contribution in [2.45, 2.75) is 45.3 Å². The van der Waals surface area contributed by atoms with Crippen LogP contribution in [-0.2, 0) is 0 Å². The maximum Gasteiger partial charge on any atom is 0.113 e. The van der Waals surface area contributed by atoms with E-state index < -0.39 is 11.7 Å². The molecule has 0 aromatic heterocycles. The Morgan fingerprint density at radius 1 is 1.50 bits per heavy atom. The molecule has 0 aliphatic heterocycles. The minimum atomic E-state index is -1.02. The normalized spacial score (nSPS) is 46.1. The molecule has 16 heavy (non-hydrogen) atoms. The van der Waals surface area contributed by atoms with Crippen LogP contribution >= 0.6 is 0 Å². The molecule has 2 aliphatic rings. The molecule has 0 radical (unpaired) electrons. The Morgan fingerprint density at radius 2 is 2.12 bits per heavy atom. The van der Waals surface area contributed by atoms with Crippen molar-refractivity contribution in [1.29, 1.82) is 0 Å². The van der Waals surface area contributed by atoms with E-state index in [1.807, 2.05) is 6.08 Å². The second-order valence-corrected chi connectivity index (χ2v) is 6.18. The molecule has 0 bridgehead atoms. The first-order valence-corrected chi connectivity index (χ1v) is 6.06. The van der Waals surface area contributed by atoms with Gasteiger partial charge in [0.2, 0.25) is 0 Å². The van der Waals surface area contributed by atoms with Gasteiger partial charge in [-0.05, 0) is 29.7 Å². The molecule has 0 amide bonds. The molecule has 1 saturated carbocycles. The van der Waals surface area contributed by atoms with Gasteiger partial charge in [0.25, 0.3) is 0 Å². The summed E-state index contributed by atoms with van der Waals surface area (Å²) in [6.07, 6.45) is 4.69. The van der Waals surface area contributed by atoms with E-state index in [9.17, 15) is 10.2 Å². The highest BCUT2D eigenvalue weighted by Crippen LogP contribution is 2.53. The second kappa shape index (κ2) is 3.44. The Morgan fingerprint density at radius 3 is 2.69 bits per heavy atom. The largest absolute Gasteiger partial charge is 0.390 e. The first-order chi connectivity index (χ1) is 7.30. The topological polar surface area (TPSA) is 40.5 Å². The number of aliphatic hydroxyl groups is 2. The zero-order chi connectivity index (χ0) is 12.1. The molecule has 2 rings (SSSR count). The van der Waals surface area contributed by atoms with Crippen LogP contribution in [0.4, 0.5) is 0 Å². The van der Waals surface area contributed by atoms with Crippen molar-refractivity contribution in [2.75, 3.05) is 0 Å². The van der Waals surface area contributed by atoms with E-state index in [0.717, 1.165) is 5.57 Å². The second-order valence-electron chi connectivity index (χ2n) is 6.18. The molecule has 0 aromatic carbocycles. The summed E-state index contributed by atoms with van der Waals surface area (Å²) < 4.78 is 0.